The van der Waals surface area contributed by atoms with Gasteiger partial charge in [-0.1, -0.05) is 36.7 Å². The number of hydrogen-bond acceptors (Lipinski definition) is 2. The molecule has 0 heterocycles. The maximum Gasteiger partial charge on any atom is 0.319 e. The molecule has 0 radical (unpaired) electrons. The Kier molecular flexibility index (Phi) is 3.36. The van der Waals surface area contributed by atoms with E-state index < -0.39 is 0 Å². The highest BCUT2D eigenvalue weighted by Crippen LogP contribution is 2.26. The molecule has 0 aromatic heterocycles. The summed E-state index contributed by atoms with van der Waals surface area (Å²) in [5.74, 6) is -0.215. The molecule has 0 spiro atoms. The number of ether oxygens (including phenoxy) is 1. The largest absolute Gasteiger partial charge is 0.468 e. The lowest BCUT2D eigenvalue weighted by Gasteiger charge is -2.22. The van der Waals surface area contributed by atoms with Gasteiger partial charge >= 0.3 is 5.97 Å². The predicted octanol–water partition coefficient (Wildman–Crippen LogP) is 1.97. The lowest BCUT2D eigenvalue weighted by atomic mass is 9.92. The van der Waals surface area contributed by atoms with Gasteiger partial charge in [0, 0.05) is 0 Å². The van der Waals surface area contributed by atoms with Gasteiger partial charge in [-0.3, -0.25) is 4.79 Å². The number of carbonyl (C=O) groups excluding carboxylic acids is 1. The molecule has 0 aromatic carbocycles. The molecule has 0 fully saturated rings. The molecule has 60 valence electrons. The smallest absolute Gasteiger partial charge is 0.319 e. The fourth-order valence-electron chi connectivity index (χ4n) is 0.457. The first-order chi connectivity index (χ1) is 4.39. The zero-order valence-corrected chi connectivity index (χ0v) is 8.36. The summed E-state index contributed by atoms with van der Waals surface area (Å²) in [5.41, 5.74) is -0.0763. The minimum atomic E-state index is -0.218. The van der Waals surface area contributed by atoms with Crippen molar-refractivity contribution in [1.82, 2.24) is 0 Å². The molecular formula is C7H13BrO2. The van der Waals surface area contributed by atoms with E-state index in [4.69, 9.17) is 0 Å². The Hall–Kier alpha value is -0.0500. The fraction of sp³-hybridized carbons (Fsp3) is 0.857. The Bertz CT molecular complexity index is 126. The van der Waals surface area contributed by atoms with Gasteiger partial charge in [0.2, 0.25) is 0 Å². The zero-order valence-electron chi connectivity index (χ0n) is 6.77. The number of halogens is 1. The molecule has 0 saturated heterocycles. The molecule has 0 rings (SSSR count). The lowest BCUT2D eigenvalue weighted by molar-refractivity contribution is -0.141. The van der Waals surface area contributed by atoms with Gasteiger partial charge < -0.3 is 4.74 Å². The number of methoxy groups -OCH3 is 1. The van der Waals surface area contributed by atoms with Gasteiger partial charge in [-0.05, 0) is 5.41 Å². The van der Waals surface area contributed by atoms with Crippen molar-refractivity contribution in [3.63, 3.8) is 0 Å². The molecule has 0 aliphatic rings. The molecule has 0 unspecified atom stereocenters. The third-order valence-corrected chi connectivity index (χ3v) is 2.92. The molecular weight excluding hydrogens is 196 g/mol. The van der Waals surface area contributed by atoms with E-state index in [9.17, 15) is 4.79 Å². The maximum absolute atomic E-state index is 10.9. The molecule has 0 aliphatic heterocycles. The van der Waals surface area contributed by atoms with Gasteiger partial charge in [0.15, 0.2) is 0 Å². The Morgan fingerprint density at radius 2 is 1.90 bits per heavy atom. The second-order valence-electron chi connectivity index (χ2n) is 3.25. The number of esters is 1. The van der Waals surface area contributed by atoms with E-state index in [1.807, 2.05) is 20.8 Å². The summed E-state index contributed by atoms with van der Waals surface area (Å²) in [7, 11) is 1.39. The van der Waals surface area contributed by atoms with Crippen LogP contribution >= 0.6 is 15.9 Å². The third-order valence-electron chi connectivity index (χ3n) is 1.17. The predicted molar refractivity (Wildman–Crippen MR) is 44.2 cm³/mol. The standard InChI is InChI=1S/C7H13BrO2/c1-7(2,3)5(8)6(9)10-4/h5H,1-4H3/t5-/m0/s1. The summed E-state index contributed by atoms with van der Waals surface area (Å²) in [6.07, 6.45) is 0. The van der Waals surface area contributed by atoms with Gasteiger partial charge in [0.25, 0.3) is 0 Å². The Morgan fingerprint density at radius 1 is 1.50 bits per heavy atom. The quantitative estimate of drug-likeness (QED) is 0.487. The maximum atomic E-state index is 10.9. The van der Waals surface area contributed by atoms with E-state index >= 15 is 0 Å². The van der Waals surface area contributed by atoms with Crippen molar-refractivity contribution < 1.29 is 9.53 Å². The molecule has 0 aromatic rings. The third kappa shape index (κ3) is 2.69. The van der Waals surface area contributed by atoms with E-state index in [-0.39, 0.29) is 16.2 Å². The Labute approximate surface area is 70.1 Å². The van der Waals surface area contributed by atoms with E-state index in [1.165, 1.54) is 7.11 Å². The molecule has 0 aliphatic carbocycles. The summed E-state index contributed by atoms with van der Waals surface area (Å²) < 4.78 is 4.55. The van der Waals surface area contributed by atoms with Crippen LogP contribution in [-0.2, 0) is 9.53 Å². The first kappa shape index (κ1) is 9.95. The minimum absolute atomic E-state index is 0.0763. The molecule has 10 heavy (non-hydrogen) atoms. The van der Waals surface area contributed by atoms with Crippen LogP contribution in [0.4, 0.5) is 0 Å². The van der Waals surface area contributed by atoms with Crippen molar-refractivity contribution in [2.24, 2.45) is 5.41 Å². The summed E-state index contributed by atoms with van der Waals surface area (Å²) >= 11 is 3.25. The van der Waals surface area contributed by atoms with Crippen LogP contribution in [0.3, 0.4) is 0 Å². The Morgan fingerprint density at radius 3 is 2.00 bits per heavy atom. The van der Waals surface area contributed by atoms with Gasteiger partial charge in [0.1, 0.15) is 4.83 Å². The number of carbonyl (C=O) groups is 1. The first-order valence-electron chi connectivity index (χ1n) is 3.11. The number of alkyl halides is 1. The topological polar surface area (TPSA) is 26.3 Å². The number of rotatable bonds is 1. The highest BCUT2D eigenvalue weighted by atomic mass is 79.9. The van der Waals surface area contributed by atoms with E-state index in [0.29, 0.717) is 0 Å². The Balaban J connectivity index is 4.08. The minimum Gasteiger partial charge on any atom is -0.468 e. The van der Waals surface area contributed by atoms with Crippen LogP contribution in [0.5, 0.6) is 0 Å². The summed E-state index contributed by atoms with van der Waals surface area (Å²) in [6.45, 7) is 5.93. The summed E-state index contributed by atoms with van der Waals surface area (Å²) in [6, 6.07) is 0. The number of hydrogen-bond donors (Lipinski definition) is 0. The van der Waals surface area contributed by atoms with Crippen molar-refractivity contribution in [3.05, 3.63) is 0 Å². The fourth-order valence-corrected chi connectivity index (χ4v) is 0.644. The summed E-state index contributed by atoms with van der Waals surface area (Å²) in [4.78, 5) is 10.7. The van der Waals surface area contributed by atoms with Crippen molar-refractivity contribution in [3.8, 4) is 0 Å². The highest BCUT2D eigenvalue weighted by molar-refractivity contribution is 9.10. The van der Waals surface area contributed by atoms with Crippen LogP contribution in [0, 0.1) is 5.41 Å². The van der Waals surface area contributed by atoms with Crippen molar-refractivity contribution in [1.29, 1.82) is 0 Å². The second-order valence-corrected chi connectivity index (χ2v) is 4.17. The molecule has 2 nitrogen and oxygen atoms in total. The zero-order chi connectivity index (χ0) is 8.36. The lowest BCUT2D eigenvalue weighted by Crippen LogP contribution is -2.29. The van der Waals surface area contributed by atoms with Gasteiger partial charge in [0.05, 0.1) is 7.11 Å². The van der Waals surface area contributed by atoms with Crippen LogP contribution in [0.25, 0.3) is 0 Å². The van der Waals surface area contributed by atoms with E-state index in [1.54, 1.807) is 0 Å². The van der Waals surface area contributed by atoms with Crippen LogP contribution in [0.15, 0.2) is 0 Å². The van der Waals surface area contributed by atoms with Gasteiger partial charge in [-0.2, -0.15) is 0 Å². The van der Waals surface area contributed by atoms with Crippen molar-refractivity contribution in [2.75, 3.05) is 7.11 Å². The van der Waals surface area contributed by atoms with E-state index in [2.05, 4.69) is 20.7 Å². The summed E-state index contributed by atoms with van der Waals surface area (Å²) in [5, 5.41) is 0. The van der Waals surface area contributed by atoms with Crippen LogP contribution in [0.1, 0.15) is 20.8 Å². The molecule has 1 atom stereocenters. The van der Waals surface area contributed by atoms with Gasteiger partial charge in [-0.25, -0.2) is 0 Å². The average Bonchev–Trinajstić information content (AvgIpc) is 1.83. The van der Waals surface area contributed by atoms with Crippen LogP contribution in [-0.4, -0.2) is 17.9 Å². The van der Waals surface area contributed by atoms with Crippen LogP contribution in [0.2, 0.25) is 0 Å². The highest BCUT2D eigenvalue weighted by Gasteiger charge is 2.29. The first-order valence-corrected chi connectivity index (χ1v) is 4.03. The SMILES string of the molecule is COC(=O)[C@H](Br)C(C)(C)C. The van der Waals surface area contributed by atoms with Crippen LogP contribution < -0.4 is 0 Å². The normalized spacial score (nSPS) is 14.5. The molecule has 0 N–H and O–H groups in total. The molecule has 3 heteroatoms. The van der Waals surface area contributed by atoms with Crippen molar-refractivity contribution in [2.45, 2.75) is 25.6 Å². The van der Waals surface area contributed by atoms with Gasteiger partial charge in [-0.15, -0.1) is 0 Å². The molecule has 0 bridgehead atoms. The second kappa shape index (κ2) is 3.37. The average molecular weight is 209 g/mol. The van der Waals surface area contributed by atoms with E-state index in [0.717, 1.165) is 0 Å². The monoisotopic (exact) mass is 208 g/mol. The van der Waals surface area contributed by atoms with Crippen molar-refractivity contribution >= 4 is 21.9 Å². The molecule has 0 saturated carbocycles. The molecule has 0 amide bonds.